The molecule has 0 amide bonds. The molecule has 3 rings (SSSR count). The largest absolute Gasteiger partial charge is 0.497 e. The van der Waals surface area contributed by atoms with Gasteiger partial charge in [-0.05, 0) is 49.7 Å². The molecule has 0 spiro atoms. The van der Waals surface area contributed by atoms with E-state index in [1.165, 1.54) is 6.42 Å². The summed E-state index contributed by atoms with van der Waals surface area (Å²) in [5, 5.41) is 4.07. The van der Waals surface area contributed by atoms with Gasteiger partial charge in [-0.3, -0.25) is 0 Å². The highest BCUT2D eigenvalue weighted by atomic mass is 16.5. The minimum Gasteiger partial charge on any atom is -0.497 e. The van der Waals surface area contributed by atoms with Gasteiger partial charge >= 0.3 is 0 Å². The topological polar surface area (TPSA) is 64.3 Å². The van der Waals surface area contributed by atoms with Crippen LogP contribution in [0.4, 0.5) is 5.82 Å². The molecule has 1 aromatic carbocycles. The van der Waals surface area contributed by atoms with Crippen molar-refractivity contribution in [2.24, 2.45) is 0 Å². The summed E-state index contributed by atoms with van der Waals surface area (Å²) in [7, 11) is 1.64. The zero-order valence-corrected chi connectivity index (χ0v) is 15.5. The van der Waals surface area contributed by atoms with Crippen molar-refractivity contribution < 1.29 is 9.26 Å². The van der Waals surface area contributed by atoms with Gasteiger partial charge < -0.3 is 14.2 Å². The first-order valence-corrected chi connectivity index (χ1v) is 8.94. The van der Waals surface area contributed by atoms with Gasteiger partial charge in [0.1, 0.15) is 11.6 Å². The average molecular weight is 352 g/mol. The number of methoxy groups -OCH3 is 1. The molecule has 0 aliphatic heterocycles. The third-order valence-corrected chi connectivity index (χ3v) is 4.26. The summed E-state index contributed by atoms with van der Waals surface area (Å²) >= 11 is 0. The number of anilines is 1. The minimum absolute atomic E-state index is 0.464. The standard InChI is InChI=1S/C20H24N4O2/c1-4-6-13-24(5-2)18-12-9-16(14-21-18)20-22-19(23-26-20)15-7-10-17(25-3)11-8-15/h7-12,14H,4-6,13H2,1-3H3. The van der Waals surface area contributed by atoms with Crippen molar-refractivity contribution in [2.75, 3.05) is 25.1 Å². The lowest BCUT2D eigenvalue weighted by Crippen LogP contribution is -2.24. The summed E-state index contributed by atoms with van der Waals surface area (Å²) in [6, 6.07) is 11.5. The lowest BCUT2D eigenvalue weighted by atomic mass is 10.2. The van der Waals surface area contributed by atoms with Crippen LogP contribution in [-0.2, 0) is 0 Å². The number of rotatable bonds is 8. The molecule has 6 heteroatoms. The molecular formula is C20H24N4O2. The van der Waals surface area contributed by atoms with Crippen molar-refractivity contribution in [2.45, 2.75) is 26.7 Å². The van der Waals surface area contributed by atoms with Gasteiger partial charge in [0.05, 0.1) is 12.7 Å². The fourth-order valence-electron chi connectivity index (χ4n) is 2.68. The monoisotopic (exact) mass is 352 g/mol. The average Bonchev–Trinajstić information content (AvgIpc) is 3.19. The summed E-state index contributed by atoms with van der Waals surface area (Å²) in [4.78, 5) is 11.3. The Hall–Kier alpha value is -2.89. The van der Waals surface area contributed by atoms with Crippen molar-refractivity contribution in [3.8, 4) is 28.6 Å². The SMILES string of the molecule is CCCCN(CC)c1ccc(-c2nc(-c3ccc(OC)cc3)no2)cn1. The summed E-state index contributed by atoms with van der Waals surface area (Å²) in [5.41, 5.74) is 1.69. The number of hydrogen-bond acceptors (Lipinski definition) is 6. The third-order valence-electron chi connectivity index (χ3n) is 4.26. The second-order valence-corrected chi connectivity index (χ2v) is 5.99. The van der Waals surface area contributed by atoms with E-state index in [0.717, 1.165) is 42.2 Å². The Bertz CT molecular complexity index is 813. The summed E-state index contributed by atoms with van der Waals surface area (Å²) < 4.78 is 10.6. The Kier molecular flexibility index (Phi) is 5.84. The van der Waals surface area contributed by atoms with Crippen LogP contribution in [0.3, 0.4) is 0 Å². The zero-order chi connectivity index (χ0) is 18.4. The van der Waals surface area contributed by atoms with Crippen LogP contribution < -0.4 is 9.64 Å². The first kappa shape index (κ1) is 17.9. The van der Waals surface area contributed by atoms with E-state index in [0.29, 0.717) is 11.7 Å². The fraction of sp³-hybridized carbons (Fsp3) is 0.350. The maximum atomic E-state index is 5.41. The van der Waals surface area contributed by atoms with Gasteiger partial charge in [-0.2, -0.15) is 4.98 Å². The van der Waals surface area contributed by atoms with E-state index in [1.54, 1.807) is 13.3 Å². The number of ether oxygens (including phenoxy) is 1. The highest BCUT2D eigenvalue weighted by Gasteiger charge is 2.12. The Morgan fingerprint density at radius 3 is 2.42 bits per heavy atom. The molecule has 0 aliphatic rings. The minimum atomic E-state index is 0.464. The van der Waals surface area contributed by atoms with E-state index in [9.17, 15) is 0 Å². The Morgan fingerprint density at radius 1 is 1.04 bits per heavy atom. The number of pyridine rings is 1. The molecule has 0 saturated heterocycles. The maximum Gasteiger partial charge on any atom is 0.259 e. The summed E-state index contributed by atoms with van der Waals surface area (Å²) in [6.07, 6.45) is 4.12. The molecule has 0 N–H and O–H groups in total. The molecule has 2 aromatic heterocycles. The van der Waals surface area contributed by atoms with E-state index >= 15 is 0 Å². The van der Waals surface area contributed by atoms with E-state index in [2.05, 4.69) is 33.9 Å². The molecule has 136 valence electrons. The van der Waals surface area contributed by atoms with Crippen molar-refractivity contribution in [1.82, 2.24) is 15.1 Å². The predicted octanol–water partition coefficient (Wildman–Crippen LogP) is 4.43. The van der Waals surface area contributed by atoms with Crippen molar-refractivity contribution in [3.05, 3.63) is 42.6 Å². The summed E-state index contributed by atoms with van der Waals surface area (Å²) in [5.74, 6) is 2.77. The van der Waals surface area contributed by atoms with Crippen LogP contribution >= 0.6 is 0 Å². The lowest BCUT2D eigenvalue weighted by Gasteiger charge is -2.21. The molecule has 2 heterocycles. The van der Waals surface area contributed by atoms with Gasteiger partial charge in [-0.25, -0.2) is 4.98 Å². The Balaban J connectivity index is 1.76. The van der Waals surface area contributed by atoms with Gasteiger partial charge in [-0.15, -0.1) is 0 Å². The number of benzene rings is 1. The molecule has 26 heavy (non-hydrogen) atoms. The van der Waals surface area contributed by atoms with E-state index < -0.39 is 0 Å². The molecular weight excluding hydrogens is 328 g/mol. The quantitative estimate of drug-likeness (QED) is 0.597. The molecule has 0 fully saturated rings. The molecule has 0 bridgehead atoms. The summed E-state index contributed by atoms with van der Waals surface area (Å²) in [6.45, 7) is 6.29. The second-order valence-electron chi connectivity index (χ2n) is 5.99. The normalized spacial score (nSPS) is 10.7. The Labute approximate surface area is 153 Å². The zero-order valence-electron chi connectivity index (χ0n) is 15.5. The van der Waals surface area contributed by atoms with Gasteiger partial charge in [0, 0.05) is 24.8 Å². The second kappa shape index (κ2) is 8.47. The fourth-order valence-corrected chi connectivity index (χ4v) is 2.68. The maximum absolute atomic E-state index is 5.41. The van der Waals surface area contributed by atoms with Crippen LogP contribution in [0, 0.1) is 0 Å². The van der Waals surface area contributed by atoms with Gasteiger partial charge in [0.15, 0.2) is 0 Å². The molecule has 0 unspecified atom stereocenters. The molecule has 0 atom stereocenters. The number of aromatic nitrogens is 3. The molecule has 6 nitrogen and oxygen atoms in total. The van der Waals surface area contributed by atoms with Crippen molar-refractivity contribution >= 4 is 5.82 Å². The van der Waals surface area contributed by atoms with Crippen LogP contribution in [-0.4, -0.2) is 35.3 Å². The van der Waals surface area contributed by atoms with Gasteiger partial charge in [-0.1, -0.05) is 18.5 Å². The number of unbranched alkanes of at least 4 members (excludes halogenated alkanes) is 1. The van der Waals surface area contributed by atoms with Crippen LogP contribution in [0.25, 0.3) is 22.8 Å². The van der Waals surface area contributed by atoms with E-state index in [-0.39, 0.29) is 0 Å². The lowest BCUT2D eigenvalue weighted by molar-refractivity contribution is 0.415. The highest BCUT2D eigenvalue weighted by Crippen LogP contribution is 2.24. The van der Waals surface area contributed by atoms with Crippen LogP contribution in [0.2, 0.25) is 0 Å². The van der Waals surface area contributed by atoms with Crippen LogP contribution in [0.15, 0.2) is 47.1 Å². The number of hydrogen-bond donors (Lipinski definition) is 0. The van der Waals surface area contributed by atoms with Gasteiger partial charge in [0.25, 0.3) is 5.89 Å². The third kappa shape index (κ3) is 4.02. The first-order valence-electron chi connectivity index (χ1n) is 8.94. The van der Waals surface area contributed by atoms with E-state index in [1.807, 2.05) is 36.4 Å². The molecule has 0 saturated carbocycles. The molecule has 0 aliphatic carbocycles. The molecule has 0 radical (unpaired) electrons. The predicted molar refractivity (Wildman–Crippen MR) is 102 cm³/mol. The smallest absolute Gasteiger partial charge is 0.259 e. The van der Waals surface area contributed by atoms with E-state index in [4.69, 9.17) is 9.26 Å². The van der Waals surface area contributed by atoms with Gasteiger partial charge in [0.2, 0.25) is 5.82 Å². The van der Waals surface area contributed by atoms with Crippen molar-refractivity contribution in [3.63, 3.8) is 0 Å². The van der Waals surface area contributed by atoms with Crippen LogP contribution in [0.1, 0.15) is 26.7 Å². The Morgan fingerprint density at radius 2 is 1.81 bits per heavy atom. The van der Waals surface area contributed by atoms with Crippen molar-refractivity contribution in [1.29, 1.82) is 0 Å². The highest BCUT2D eigenvalue weighted by molar-refractivity contribution is 5.60. The number of nitrogens with zero attached hydrogens (tertiary/aromatic N) is 4. The first-order chi connectivity index (χ1) is 12.7. The van der Waals surface area contributed by atoms with Crippen LogP contribution in [0.5, 0.6) is 5.75 Å². The molecule has 3 aromatic rings.